The van der Waals surface area contributed by atoms with Crippen molar-refractivity contribution in [3.63, 3.8) is 0 Å². The average Bonchev–Trinajstić information content (AvgIpc) is 3.38. The quantitative estimate of drug-likeness (QED) is 0.503. The Labute approximate surface area is 193 Å². The summed E-state index contributed by atoms with van der Waals surface area (Å²) in [6.45, 7) is 2.53. The Morgan fingerprint density at radius 3 is 2.32 bits per heavy atom. The minimum atomic E-state index is -3.70. The van der Waals surface area contributed by atoms with Crippen LogP contribution >= 0.6 is 24.8 Å². The minimum Gasteiger partial charge on any atom is -0.390 e. The number of hydrogen-bond donors (Lipinski definition) is 4. The summed E-state index contributed by atoms with van der Waals surface area (Å²) in [7, 11) is -3.70. The van der Waals surface area contributed by atoms with Gasteiger partial charge >= 0.3 is 0 Å². The zero-order valence-electron chi connectivity index (χ0n) is 17.7. The van der Waals surface area contributed by atoms with Crippen molar-refractivity contribution in [2.24, 2.45) is 0 Å². The molecule has 0 fully saturated rings. The molecule has 2 aliphatic rings. The van der Waals surface area contributed by atoms with Crippen LogP contribution in [0.4, 0.5) is 0 Å². The fourth-order valence-corrected chi connectivity index (χ4v) is 7.04. The van der Waals surface area contributed by atoms with Crippen LogP contribution in [-0.4, -0.2) is 25.3 Å². The minimum absolute atomic E-state index is 0. The van der Waals surface area contributed by atoms with Crippen molar-refractivity contribution < 1.29 is 19.2 Å². The Morgan fingerprint density at radius 1 is 1.23 bits per heavy atom. The number of aliphatic hydroxyl groups excluding tert-OH is 1. The Hall–Kier alpha value is -1.46. The Balaban J connectivity index is 0.00000272. The Morgan fingerprint density at radius 2 is 1.81 bits per heavy atom. The molecule has 2 aromatic rings. The number of carbonyl (C=O) groups is 1. The monoisotopic (exact) mass is 483 g/mol. The number of amides is 1. The predicted octanol–water partition coefficient (Wildman–Crippen LogP) is 2.63. The normalized spacial score (nSPS) is 16.9. The van der Waals surface area contributed by atoms with E-state index in [1.54, 1.807) is 0 Å². The molecule has 10 heteroatoms. The lowest BCUT2D eigenvalue weighted by molar-refractivity contribution is -0.118. The van der Waals surface area contributed by atoms with Gasteiger partial charge in [0.1, 0.15) is 14.8 Å². The van der Waals surface area contributed by atoms with E-state index in [0.717, 1.165) is 55.4 Å². The summed E-state index contributed by atoms with van der Waals surface area (Å²) in [5, 5.41) is 20.0. The van der Waals surface area contributed by atoms with Gasteiger partial charge in [0, 0.05) is 0 Å². The third kappa shape index (κ3) is 4.68. The van der Waals surface area contributed by atoms with Crippen LogP contribution in [-0.2, 0) is 59.0 Å². The molecule has 1 atom stereocenters. The van der Waals surface area contributed by atoms with Crippen LogP contribution in [0.25, 0.3) is 0 Å². The molecule has 7 nitrogen and oxygen atoms in total. The first-order valence-electron chi connectivity index (χ1n) is 10.2. The molecule has 1 amide bonds. The summed E-state index contributed by atoms with van der Waals surface area (Å²) in [6.07, 6.45) is 6.26. The van der Waals surface area contributed by atoms with Gasteiger partial charge in [-0.15, -0.1) is 11.3 Å². The van der Waals surface area contributed by atoms with Crippen LogP contribution in [0, 0.1) is 4.78 Å². The lowest BCUT2D eigenvalue weighted by atomic mass is 9.92. The summed E-state index contributed by atoms with van der Waals surface area (Å²) in [6, 6.07) is 2.29. The van der Waals surface area contributed by atoms with Crippen molar-refractivity contribution in [3.8, 4) is 0 Å². The first-order chi connectivity index (χ1) is 14.1. The van der Waals surface area contributed by atoms with Crippen LogP contribution < -0.4 is 4.72 Å². The van der Waals surface area contributed by atoms with Gasteiger partial charge in [-0.25, -0.2) is 14.0 Å². The number of thiazole rings is 1. The molecule has 0 spiro atoms. The number of hydrogen-bond acceptors (Lipinski definition) is 7. The molecule has 170 valence electrons. The van der Waals surface area contributed by atoms with E-state index in [9.17, 15) is 19.2 Å². The number of carbonyl (C=O) groups excluding carboxylic acids is 1. The van der Waals surface area contributed by atoms with Crippen LogP contribution in [0.2, 0.25) is 0 Å². The summed E-state index contributed by atoms with van der Waals surface area (Å²) >= 11 is 0.888. The second-order valence-electron chi connectivity index (χ2n) is 8.57. The topological polar surface area (TPSA) is 123 Å². The second kappa shape index (κ2) is 8.82. The second-order valence-corrected chi connectivity index (χ2v) is 11.5. The van der Waals surface area contributed by atoms with E-state index in [-0.39, 0.29) is 34.8 Å². The smallest absolute Gasteiger partial charge is 0.236 e. The molecule has 1 heterocycles. The van der Waals surface area contributed by atoms with E-state index < -0.39 is 28.0 Å². The number of aryl methyl sites for hydroxylation is 2. The standard InChI is InChI=1S/C21H27N3O4S2.H2S/c1-21(2,27)20-23-17(11-25)19(29-20)30(22,28)24-18(26)10-16-14-7-3-5-12(14)9-13-6-4-8-15(13)16;/h9,25,27H,3-8,10-11H2,1-2H3,(H2,22,24,26,28);1H2. The SMILES string of the molecule is CC(C)(O)c1nc(CO)c(S(=N)(=O)NC(=O)Cc2c3c(cc4c2CCC4)CCC3)s1.S. The number of nitrogens with one attached hydrogen (secondary N) is 2. The third-order valence-electron chi connectivity index (χ3n) is 5.79. The summed E-state index contributed by atoms with van der Waals surface area (Å²) in [5.74, 6) is -0.466. The average molecular weight is 484 g/mol. The van der Waals surface area contributed by atoms with Crippen LogP contribution in [0.5, 0.6) is 0 Å². The van der Waals surface area contributed by atoms with Gasteiger partial charge in [0.25, 0.3) is 0 Å². The molecule has 31 heavy (non-hydrogen) atoms. The maximum atomic E-state index is 13.1. The van der Waals surface area contributed by atoms with Gasteiger partial charge in [0.15, 0.2) is 9.92 Å². The Kier molecular flexibility index (Phi) is 6.88. The van der Waals surface area contributed by atoms with Gasteiger partial charge in [0.2, 0.25) is 5.91 Å². The molecule has 0 bridgehead atoms. The highest BCUT2D eigenvalue weighted by atomic mass is 32.2. The van der Waals surface area contributed by atoms with Crippen molar-refractivity contribution >= 4 is 40.7 Å². The van der Waals surface area contributed by atoms with Crippen LogP contribution in [0.3, 0.4) is 0 Å². The summed E-state index contributed by atoms with van der Waals surface area (Å²) in [5.41, 5.74) is 4.96. The molecular formula is C21H29N3O4S3. The van der Waals surface area contributed by atoms with Crippen molar-refractivity contribution in [3.05, 3.63) is 44.6 Å². The van der Waals surface area contributed by atoms with Crippen molar-refractivity contribution in [2.75, 3.05) is 0 Å². The van der Waals surface area contributed by atoms with Gasteiger partial charge in [-0.3, -0.25) is 9.52 Å². The zero-order chi connectivity index (χ0) is 21.7. The molecule has 0 radical (unpaired) electrons. The highest BCUT2D eigenvalue weighted by molar-refractivity contribution is 7.93. The molecule has 0 saturated carbocycles. The first-order valence-corrected chi connectivity index (χ1v) is 12.6. The maximum absolute atomic E-state index is 13.1. The van der Waals surface area contributed by atoms with Gasteiger partial charge < -0.3 is 10.2 Å². The number of benzene rings is 1. The maximum Gasteiger partial charge on any atom is 0.236 e. The Bertz CT molecular complexity index is 1090. The van der Waals surface area contributed by atoms with Crippen molar-refractivity contribution in [1.82, 2.24) is 9.71 Å². The number of aliphatic hydroxyl groups is 2. The third-order valence-corrected chi connectivity index (χ3v) is 9.22. The summed E-state index contributed by atoms with van der Waals surface area (Å²) < 4.78 is 23.8. The lowest BCUT2D eigenvalue weighted by Crippen LogP contribution is -2.31. The molecule has 1 aromatic carbocycles. The molecule has 4 N–H and O–H groups in total. The van der Waals surface area contributed by atoms with Crippen molar-refractivity contribution in [2.45, 2.75) is 75.2 Å². The van der Waals surface area contributed by atoms with Gasteiger partial charge in [-0.05, 0) is 80.2 Å². The van der Waals surface area contributed by atoms with Gasteiger partial charge in [-0.1, -0.05) is 6.07 Å². The largest absolute Gasteiger partial charge is 0.390 e. The first kappa shape index (κ1) is 24.2. The van der Waals surface area contributed by atoms with E-state index in [4.69, 9.17) is 4.78 Å². The number of fused-ring (bicyclic) bond motifs is 2. The molecule has 0 saturated heterocycles. The number of rotatable bonds is 6. The van der Waals surface area contributed by atoms with Gasteiger partial charge in [-0.2, -0.15) is 13.5 Å². The van der Waals surface area contributed by atoms with Crippen LogP contribution in [0.15, 0.2) is 10.3 Å². The zero-order valence-corrected chi connectivity index (χ0v) is 20.3. The number of aromatic nitrogens is 1. The van der Waals surface area contributed by atoms with Crippen LogP contribution in [0.1, 0.15) is 65.2 Å². The number of nitrogens with zero attached hydrogens (tertiary/aromatic N) is 1. The fraction of sp³-hybridized carbons (Fsp3) is 0.524. The highest BCUT2D eigenvalue weighted by Gasteiger charge is 2.30. The van der Waals surface area contributed by atoms with E-state index in [1.165, 1.54) is 36.1 Å². The van der Waals surface area contributed by atoms with Crippen molar-refractivity contribution in [1.29, 1.82) is 4.78 Å². The molecular weight excluding hydrogens is 454 g/mol. The molecule has 1 unspecified atom stereocenters. The molecule has 0 aliphatic heterocycles. The van der Waals surface area contributed by atoms with Gasteiger partial charge in [0.05, 0.1) is 18.7 Å². The summed E-state index contributed by atoms with van der Waals surface area (Å²) in [4.78, 5) is 17.0. The fourth-order valence-electron chi connectivity index (χ4n) is 4.48. The van der Waals surface area contributed by atoms with E-state index in [2.05, 4.69) is 15.8 Å². The highest BCUT2D eigenvalue weighted by Crippen LogP contribution is 2.36. The van der Waals surface area contributed by atoms with E-state index in [1.807, 2.05) is 0 Å². The van der Waals surface area contributed by atoms with E-state index in [0.29, 0.717) is 0 Å². The van der Waals surface area contributed by atoms with E-state index >= 15 is 0 Å². The molecule has 1 aromatic heterocycles. The lowest BCUT2D eigenvalue weighted by Gasteiger charge is -2.16. The molecule has 4 rings (SSSR count). The predicted molar refractivity (Wildman–Crippen MR) is 125 cm³/mol. The molecule has 2 aliphatic carbocycles.